The molecule has 2 N–H and O–H groups in total. The molecule has 1 aliphatic rings. The van der Waals surface area contributed by atoms with Crippen molar-refractivity contribution >= 4 is 50.6 Å². The number of nitrogens with zero attached hydrogens (tertiary/aromatic N) is 3. The molecule has 0 spiro atoms. The van der Waals surface area contributed by atoms with E-state index in [1.165, 1.54) is 11.3 Å². The third-order valence-corrected chi connectivity index (χ3v) is 5.83. The van der Waals surface area contributed by atoms with Gasteiger partial charge in [-0.2, -0.15) is 5.10 Å². The fourth-order valence-electron chi connectivity index (χ4n) is 3.42. The van der Waals surface area contributed by atoms with E-state index in [9.17, 15) is 14.4 Å². The minimum absolute atomic E-state index is 0.189. The number of hydrogen-bond acceptors (Lipinski definition) is 7. The molecule has 28 heavy (non-hydrogen) atoms. The number of anilines is 1. The van der Waals surface area contributed by atoms with Gasteiger partial charge in [0.2, 0.25) is 5.78 Å². The van der Waals surface area contributed by atoms with Gasteiger partial charge >= 0.3 is 5.91 Å². The number of thiazole rings is 1. The van der Waals surface area contributed by atoms with Crippen molar-refractivity contribution in [3.05, 3.63) is 58.6 Å². The van der Waals surface area contributed by atoms with Crippen molar-refractivity contribution in [2.75, 3.05) is 4.90 Å². The van der Waals surface area contributed by atoms with E-state index >= 15 is 0 Å². The first-order valence-electron chi connectivity index (χ1n) is 8.56. The molecule has 1 fully saturated rings. The first kappa shape index (κ1) is 18.0. The Morgan fingerprint density at radius 3 is 2.32 bits per heavy atom. The molecule has 1 aliphatic heterocycles. The molecule has 3 aromatic rings. The van der Waals surface area contributed by atoms with E-state index in [0.29, 0.717) is 27.3 Å². The van der Waals surface area contributed by atoms with Gasteiger partial charge in [0, 0.05) is 0 Å². The van der Waals surface area contributed by atoms with Crippen LogP contribution in [0, 0.1) is 13.8 Å². The van der Waals surface area contributed by atoms with E-state index in [4.69, 9.17) is 5.84 Å². The van der Waals surface area contributed by atoms with Crippen LogP contribution in [0.1, 0.15) is 22.1 Å². The number of aromatic nitrogens is 1. The Balaban J connectivity index is 1.85. The molecule has 0 bridgehead atoms. The molecule has 0 aliphatic carbocycles. The maximum absolute atomic E-state index is 13.1. The fourth-order valence-corrected chi connectivity index (χ4v) is 4.49. The Morgan fingerprint density at radius 1 is 1.00 bits per heavy atom. The molecule has 0 radical (unpaired) electrons. The summed E-state index contributed by atoms with van der Waals surface area (Å²) in [5, 5.41) is 3.93. The smallest absolute Gasteiger partial charge is 0.302 e. The van der Waals surface area contributed by atoms with Crippen LogP contribution in [-0.4, -0.2) is 28.3 Å². The maximum atomic E-state index is 13.1. The van der Waals surface area contributed by atoms with Crippen molar-refractivity contribution in [3.8, 4) is 0 Å². The van der Waals surface area contributed by atoms with E-state index < -0.39 is 23.5 Å². The molecule has 1 unspecified atom stereocenters. The van der Waals surface area contributed by atoms with E-state index in [1.807, 2.05) is 24.3 Å². The van der Waals surface area contributed by atoms with Gasteiger partial charge in [0.15, 0.2) is 0 Å². The van der Waals surface area contributed by atoms with E-state index in [2.05, 4.69) is 10.1 Å². The van der Waals surface area contributed by atoms with Crippen LogP contribution in [0.5, 0.6) is 0 Å². The zero-order chi connectivity index (χ0) is 20.0. The van der Waals surface area contributed by atoms with Gasteiger partial charge in [0.05, 0.1) is 15.9 Å². The number of piperidine rings is 1. The number of aryl methyl sites for hydroxylation is 2. The zero-order valence-corrected chi connectivity index (χ0v) is 16.0. The molecule has 1 atom stereocenters. The molecular weight excluding hydrogens is 376 g/mol. The number of rotatable bonds is 2. The zero-order valence-electron chi connectivity index (χ0n) is 15.2. The van der Waals surface area contributed by atoms with Crippen LogP contribution in [0.4, 0.5) is 5.69 Å². The van der Waals surface area contributed by atoms with Gasteiger partial charge in [-0.15, -0.1) is 11.3 Å². The second-order valence-corrected chi connectivity index (χ2v) is 7.58. The number of ketones is 1. The van der Waals surface area contributed by atoms with Gasteiger partial charge in [-0.3, -0.25) is 14.4 Å². The summed E-state index contributed by atoms with van der Waals surface area (Å²) < 4.78 is 0.846. The highest BCUT2D eigenvalue weighted by atomic mass is 32.1. The highest BCUT2D eigenvalue weighted by Crippen LogP contribution is 2.35. The molecule has 2 heterocycles. The molecule has 8 heteroatoms. The van der Waals surface area contributed by atoms with Crippen LogP contribution in [0.3, 0.4) is 0 Å². The number of Topliss-reactive ketones (excluding diaryl/α,β-unsaturated/α-hetero) is 1. The van der Waals surface area contributed by atoms with Crippen molar-refractivity contribution in [1.82, 2.24) is 4.98 Å². The predicted octanol–water partition coefficient (Wildman–Crippen LogP) is 2.45. The lowest BCUT2D eigenvalue weighted by molar-refractivity contribution is -0.139. The van der Waals surface area contributed by atoms with Gasteiger partial charge in [-0.1, -0.05) is 30.3 Å². The number of amides is 2. The number of para-hydroxylation sites is 2. The molecule has 2 amide bonds. The van der Waals surface area contributed by atoms with Crippen LogP contribution in [0.25, 0.3) is 10.2 Å². The van der Waals surface area contributed by atoms with Crippen molar-refractivity contribution in [3.63, 3.8) is 0 Å². The number of hydrogen-bond donors (Lipinski definition) is 1. The fraction of sp³-hybridized carbons (Fsp3) is 0.150. The Labute approximate surface area is 164 Å². The van der Waals surface area contributed by atoms with Crippen molar-refractivity contribution in [1.29, 1.82) is 0 Å². The Hall–Kier alpha value is -3.39. The second-order valence-electron chi connectivity index (χ2n) is 6.52. The summed E-state index contributed by atoms with van der Waals surface area (Å²) in [5.74, 6) is 1.93. The average Bonchev–Trinajstić information content (AvgIpc) is 3.10. The highest BCUT2D eigenvalue weighted by Gasteiger charge is 2.48. The standard InChI is InChI=1S/C20H16N4O3S/c1-10-6-5-7-11(2)16(10)24-19(26)15(23-21)14(17(25)20(24)27)18-22-12-8-3-4-9-13(12)28-18/h3-9,14H,21H2,1-2H3/b23-15-. The first-order valence-corrected chi connectivity index (χ1v) is 9.37. The van der Waals surface area contributed by atoms with Crippen LogP contribution in [-0.2, 0) is 14.4 Å². The molecule has 2 aromatic carbocycles. The molecule has 0 saturated carbocycles. The third-order valence-electron chi connectivity index (χ3n) is 4.73. The number of benzene rings is 2. The van der Waals surface area contributed by atoms with Crippen LogP contribution >= 0.6 is 11.3 Å². The van der Waals surface area contributed by atoms with Gasteiger partial charge < -0.3 is 5.84 Å². The van der Waals surface area contributed by atoms with Gasteiger partial charge in [-0.05, 0) is 37.1 Å². The molecule has 7 nitrogen and oxygen atoms in total. The molecule has 4 rings (SSSR count). The van der Waals surface area contributed by atoms with Crippen LogP contribution in [0.2, 0.25) is 0 Å². The van der Waals surface area contributed by atoms with Gasteiger partial charge in [0.1, 0.15) is 16.6 Å². The van der Waals surface area contributed by atoms with E-state index in [0.717, 1.165) is 9.60 Å². The number of hydrazone groups is 1. The van der Waals surface area contributed by atoms with Crippen molar-refractivity contribution < 1.29 is 14.4 Å². The molecule has 140 valence electrons. The number of imide groups is 1. The van der Waals surface area contributed by atoms with Crippen LogP contribution < -0.4 is 10.7 Å². The maximum Gasteiger partial charge on any atom is 0.302 e. The minimum Gasteiger partial charge on any atom is -0.323 e. The highest BCUT2D eigenvalue weighted by molar-refractivity contribution is 7.19. The van der Waals surface area contributed by atoms with Gasteiger partial charge in [-0.25, -0.2) is 9.88 Å². The van der Waals surface area contributed by atoms with E-state index in [-0.39, 0.29) is 5.71 Å². The number of fused-ring (bicyclic) bond motifs is 1. The van der Waals surface area contributed by atoms with E-state index in [1.54, 1.807) is 32.0 Å². The lowest BCUT2D eigenvalue weighted by Gasteiger charge is -2.30. The summed E-state index contributed by atoms with van der Waals surface area (Å²) in [6.45, 7) is 3.54. The topological polar surface area (TPSA) is 106 Å². The first-order chi connectivity index (χ1) is 13.4. The summed E-state index contributed by atoms with van der Waals surface area (Å²) in [6, 6.07) is 12.7. The largest absolute Gasteiger partial charge is 0.323 e. The summed E-state index contributed by atoms with van der Waals surface area (Å²) >= 11 is 1.24. The minimum atomic E-state index is -1.19. The summed E-state index contributed by atoms with van der Waals surface area (Å²) in [4.78, 5) is 44.4. The Kier molecular flexibility index (Phi) is 4.27. The molecule has 1 saturated heterocycles. The van der Waals surface area contributed by atoms with Crippen LogP contribution in [0.15, 0.2) is 47.6 Å². The van der Waals surface area contributed by atoms with Crippen molar-refractivity contribution in [2.24, 2.45) is 10.9 Å². The Bertz CT molecular complexity index is 1130. The summed E-state index contributed by atoms with van der Waals surface area (Å²) in [7, 11) is 0. The quantitative estimate of drug-likeness (QED) is 0.312. The molecule has 1 aromatic heterocycles. The normalized spacial score (nSPS) is 19.1. The number of nitrogens with two attached hydrogens (primary N) is 1. The van der Waals surface area contributed by atoms with Crippen molar-refractivity contribution in [2.45, 2.75) is 19.8 Å². The summed E-state index contributed by atoms with van der Waals surface area (Å²) in [5.41, 5.74) is 2.28. The van der Waals surface area contributed by atoms with Gasteiger partial charge in [0.25, 0.3) is 5.91 Å². The third kappa shape index (κ3) is 2.61. The number of carbonyl (C=O) groups excluding carboxylic acids is 3. The second kappa shape index (κ2) is 6.65. The lowest BCUT2D eigenvalue weighted by Crippen LogP contribution is -2.55. The SMILES string of the molecule is Cc1cccc(C)c1N1C(=O)C(=O)C(c2nc3ccccc3s2)/C(=N/N)C1=O. The summed E-state index contributed by atoms with van der Waals surface area (Å²) in [6.07, 6.45) is 0. The lowest BCUT2D eigenvalue weighted by atomic mass is 9.91. The number of carbonyl (C=O) groups is 3. The Morgan fingerprint density at radius 2 is 1.68 bits per heavy atom. The monoisotopic (exact) mass is 392 g/mol. The predicted molar refractivity (Wildman–Crippen MR) is 107 cm³/mol. The molecular formula is C20H16N4O3S. The average molecular weight is 392 g/mol.